The molecule has 0 aliphatic heterocycles. The van der Waals surface area contributed by atoms with Gasteiger partial charge in [0.1, 0.15) is 0 Å². The summed E-state index contributed by atoms with van der Waals surface area (Å²) in [5.74, 6) is 0. The third kappa shape index (κ3) is 2.87. The highest BCUT2D eigenvalue weighted by Gasteiger charge is 2.23. The summed E-state index contributed by atoms with van der Waals surface area (Å²) in [6.07, 6.45) is 0.937. The maximum atomic E-state index is 10.8. The quantitative estimate of drug-likeness (QED) is 0.496. The first-order valence-corrected chi connectivity index (χ1v) is 5.56. The fourth-order valence-electron chi connectivity index (χ4n) is 1.50. The van der Waals surface area contributed by atoms with Crippen LogP contribution < -0.4 is 10.6 Å². The van der Waals surface area contributed by atoms with Crippen molar-refractivity contribution in [3.63, 3.8) is 0 Å². The van der Waals surface area contributed by atoms with Crippen LogP contribution in [0.2, 0.25) is 0 Å². The molecule has 0 heterocycles. The molecule has 0 atom stereocenters. The molecular formula is C12H19N3O2. The Balaban J connectivity index is 3.18. The van der Waals surface area contributed by atoms with Gasteiger partial charge >= 0.3 is 0 Å². The number of hydrogen-bond donors (Lipinski definition) is 1. The number of rotatable bonds is 4. The SMILES string of the molecule is CCC(C)(C)N(C)c1cc(N)cc([N+](=O)[O-])c1. The van der Waals surface area contributed by atoms with Crippen LogP contribution >= 0.6 is 0 Å². The third-order valence-corrected chi connectivity index (χ3v) is 3.30. The summed E-state index contributed by atoms with van der Waals surface area (Å²) in [6, 6.07) is 4.68. The van der Waals surface area contributed by atoms with E-state index in [1.54, 1.807) is 12.1 Å². The molecule has 0 radical (unpaired) electrons. The normalized spacial score (nSPS) is 11.3. The van der Waals surface area contributed by atoms with Gasteiger partial charge < -0.3 is 10.6 Å². The molecule has 0 saturated carbocycles. The number of nitro groups is 1. The zero-order chi connectivity index (χ0) is 13.2. The highest BCUT2D eigenvalue weighted by molar-refractivity contribution is 5.63. The highest BCUT2D eigenvalue weighted by atomic mass is 16.6. The molecule has 0 aliphatic rings. The van der Waals surface area contributed by atoms with E-state index in [0.29, 0.717) is 5.69 Å². The van der Waals surface area contributed by atoms with Crippen LogP contribution in [0, 0.1) is 10.1 Å². The van der Waals surface area contributed by atoms with E-state index in [1.165, 1.54) is 6.07 Å². The average molecular weight is 237 g/mol. The van der Waals surface area contributed by atoms with E-state index in [0.717, 1.165) is 12.1 Å². The van der Waals surface area contributed by atoms with E-state index < -0.39 is 4.92 Å². The maximum absolute atomic E-state index is 10.8. The molecule has 5 nitrogen and oxygen atoms in total. The Morgan fingerprint density at radius 2 is 2.00 bits per heavy atom. The van der Waals surface area contributed by atoms with Gasteiger partial charge in [0.15, 0.2) is 0 Å². The van der Waals surface area contributed by atoms with Crippen molar-refractivity contribution in [2.75, 3.05) is 17.7 Å². The molecular weight excluding hydrogens is 218 g/mol. The summed E-state index contributed by atoms with van der Waals surface area (Å²) in [4.78, 5) is 12.4. The molecule has 0 amide bonds. The highest BCUT2D eigenvalue weighted by Crippen LogP contribution is 2.30. The lowest BCUT2D eigenvalue weighted by atomic mass is 9.99. The van der Waals surface area contributed by atoms with Crippen molar-refractivity contribution in [3.05, 3.63) is 28.3 Å². The molecule has 2 N–H and O–H groups in total. The van der Waals surface area contributed by atoms with Crippen LogP contribution in [-0.4, -0.2) is 17.5 Å². The van der Waals surface area contributed by atoms with Crippen LogP contribution in [0.15, 0.2) is 18.2 Å². The van der Waals surface area contributed by atoms with Crippen LogP contribution in [0.4, 0.5) is 17.1 Å². The van der Waals surface area contributed by atoms with Crippen molar-refractivity contribution < 1.29 is 4.92 Å². The summed E-state index contributed by atoms with van der Waals surface area (Å²) in [7, 11) is 1.92. The molecule has 94 valence electrons. The van der Waals surface area contributed by atoms with Gasteiger partial charge in [-0.25, -0.2) is 0 Å². The summed E-state index contributed by atoms with van der Waals surface area (Å²) in [5, 5.41) is 10.8. The van der Waals surface area contributed by atoms with E-state index in [2.05, 4.69) is 20.8 Å². The zero-order valence-electron chi connectivity index (χ0n) is 10.7. The fraction of sp³-hybridized carbons (Fsp3) is 0.500. The molecule has 17 heavy (non-hydrogen) atoms. The van der Waals surface area contributed by atoms with Crippen molar-refractivity contribution >= 4 is 17.1 Å². The molecule has 0 saturated heterocycles. The van der Waals surface area contributed by atoms with Gasteiger partial charge in [-0.15, -0.1) is 0 Å². The fourth-order valence-corrected chi connectivity index (χ4v) is 1.50. The Labute approximate surface area is 101 Å². The van der Waals surface area contributed by atoms with Gasteiger partial charge in [0.05, 0.1) is 4.92 Å². The number of benzene rings is 1. The van der Waals surface area contributed by atoms with Crippen molar-refractivity contribution in [2.45, 2.75) is 32.7 Å². The number of anilines is 2. The summed E-state index contributed by atoms with van der Waals surface area (Å²) in [6.45, 7) is 6.25. The molecule has 1 aromatic rings. The van der Waals surface area contributed by atoms with Gasteiger partial charge in [-0.2, -0.15) is 0 Å². The molecule has 0 aromatic heterocycles. The first-order chi connectivity index (χ1) is 7.77. The van der Waals surface area contributed by atoms with E-state index >= 15 is 0 Å². The monoisotopic (exact) mass is 237 g/mol. The Bertz CT molecular complexity index is 430. The van der Waals surface area contributed by atoms with Gasteiger partial charge in [-0.3, -0.25) is 10.1 Å². The Morgan fingerprint density at radius 3 is 2.47 bits per heavy atom. The van der Waals surface area contributed by atoms with Crippen molar-refractivity contribution in [2.24, 2.45) is 0 Å². The van der Waals surface area contributed by atoms with Gasteiger partial charge in [-0.05, 0) is 26.3 Å². The van der Waals surface area contributed by atoms with Gasteiger partial charge in [-0.1, -0.05) is 6.92 Å². The maximum Gasteiger partial charge on any atom is 0.273 e. The van der Waals surface area contributed by atoms with Crippen LogP contribution in [0.5, 0.6) is 0 Å². The van der Waals surface area contributed by atoms with Gasteiger partial charge in [0.25, 0.3) is 5.69 Å². The lowest BCUT2D eigenvalue weighted by molar-refractivity contribution is -0.384. The molecule has 1 aromatic carbocycles. The second-order valence-electron chi connectivity index (χ2n) is 4.76. The number of nitrogens with two attached hydrogens (primary N) is 1. The summed E-state index contributed by atoms with van der Waals surface area (Å²) < 4.78 is 0. The van der Waals surface area contributed by atoms with Crippen LogP contribution in [0.25, 0.3) is 0 Å². The molecule has 0 aliphatic carbocycles. The third-order valence-electron chi connectivity index (χ3n) is 3.30. The van der Waals surface area contributed by atoms with E-state index in [-0.39, 0.29) is 11.2 Å². The Morgan fingerprint density at radius 1 is 1.41 bits per heavy atom. The number of hydrogen-bond acceptors (Lipinski definition) is 4. The average Bonchev–Trinajstić information content (AvgIpc) is 2.27. The van der Waals surface area contributed by atoms with Gasteiger partial charge in [0, 0.05) is 36.1 Å². The lowest BCUT2D eigenvalue weighted by Gasteiger charge is -2.36. The molecule has 5 heteroatoms. The van der Waals surface area contributed by atoms with Crippen molar-refractivity contribution in [1.29, 1.82) is 0 Å². The van der Waals surface area contributed by atoms with Crippen molar-refractivity contribution in [1.82, 2.24) is 0 Å². The minimum Gasteiger partial charge on any atom is -0.398 e. The van der Waals surface area contributed by atoms with E-state index in [1.807, 2.05) is 11.9 Å². The molecule has 0 fully saturated rings. The topological polar surface area (TPSA) is 72.4 Å². The smallest absolute Gasteiger partial charge is 0.273 e. The van der Waals surface area contributed by atoms with Crippen molar-refractivity contribution in [3.8, 4) is 0 Å². The van der Waals surface area contributed by atoms with Gasteiger partial charge in [0.2, 0.25) is 0 Å². The second kappa shape index (κ2) is 4.61. The van der Waals surface area contributed by atoms with Crippen LogP contribution in [0.3, 0.4) is 0 Å². The largest absolute Gasteiger partial charge is 0.398 e. The number of nitro benzene ring substituents is 1. The Kier molecular flexibility index (Phi) is 3.60. The first-order valence-electron chi connectivity index (χ1n) is 5.56. The minimum absolute atomic E-state index is 0.0266. The van der Waals surface area contributed by atoms with E-state index in [9.17, 15) is 10.1 Å². The zero-order valence-corrected chi connectivity index (χ0v) is 10.7. The number of nitrogen functional groups attached to an aromatic ring is 1. The van der Waals surface area contributed by atoms with Crippen LogP contribution in [0.1, 0.15) is 27.2 Å². The molecule has 0 spiro atoms. The lowest BCUT2D eigenvalue weighted by Crippen LogP contribution is -2.40. The molecule has 0 bridgehead atoms. The number of non-ortho nitro benzene ring substituents is 1. The Hall–Kier alpha value is -1.78. The summed E-state index contributed by atoms with van der Waals surface area (Å²) in [5.41, 5.74) is 6.82. The van der Waals surface area contributed by atoms with Crippen LogP contribution in [-0.2, 0) is 0 Å². The predicted octanol–water partition coefficient (Wildman–Crippen LogP) is 2.80. The summed E-state index contributed by atoms with van der Waals surface area (Å²) >= 11 is 0. The predicted molar refractivity (Wildman–Crippen MR) is 70.3 cm³/mol. The van der Waals surface area contributed by atoms with E-state index in [4.69, 9.17) is 5.73 Å². The molecule has 0 unspecified atom stereocenters. The first kappa shape index (κ1) is 13.3. The second-order valence-corrected chi connectivity index (χ2v) is 4.76. The number of nitrogens with zero attached hydrogens (tertiary/aromatic N) is 2. The standard InChI is InChI=1S/C12H19N3O2/c1-5-12(2,3)14(4)10-6-9(13)7-11(8-10)15(16)17/h6-8H,5,13H2,1-4H3. The minimum atomic E-state index is -0.424. The molecule has 1 rings (SSSR count).